The van der Waals surface area contributed by atoms with Gasteiger partial charge in [-0.2, -0.15) is 4.98 Å². The highest BCUT2D eigenvalue weighted by molar-refractivity contribution is 5.73. The van der Waals surface area contributed by atoms with Crippen LogP contribution in [0.25, 0.3) is 11.0 Å². The third-order valence-electron chi connectivity index (χ3n) is 2.61. The van der Waals surface area contributed by atoms with E-state index in [-0.39, 0.29) is 17.7 Å². The Morgan fingerprint density at radius 2 is 2.41 bits per heavy atom. The van der Waals surface area contributed by atoms with Crippen molar-refractivity contribution < 1.29 is 9.47 Å². The zero-order valence-electron chi connectivity index (χ0n) is 9.05. The number of hydrogen-bond donors (Lipinski definition) is 1. The number of rotatable bonds is 2. The molecule has 6 heteroatoms. The molecule has 0 spiro atoms. The quantitative estimate of drug-likeness (QED) is 0.816. The average Bonchev–Trinajstić information content (AvgIpc) is 2.81. The molecule has 1 saturated heterocycles. The zero-order valence-corrected chi connectivity index (χ0v) is 9.05. The van der Waals surface area contributed by atoms with Gasteiger partial charge in [-0.15, -0.1) is 0 Å². The molecular weight excluding hydrogens is 222 g/mol. The Hall–Kier alpha value is -1.95. The molecule has 0 aliphatic carbocycles. The van der Waals surface area contributed by atoms with E-state index in [1.54, 1.807) is 12.3 Å². The van der Waals surface area contributed by atoms with Crippen LogP contribution in [-0.2, 0) is 4.74 Å². The maximum atomic E-state index is 11.2. The molecule has 1 N–H and O–H groups in total. The molecule has 1 aliphatic heterocycles. The minimum atomic E-state index is -0.189. The first-order chi connectivity index (χ1) is 8.31. The van der Waals surface area contributed by atoms with Crippen LogP contribution < -0.4 is 10.3 Å². The molecular formula is C11H11N3O3. The Labute approximate surface area is 96.6 Å². The summed E-state index contributed by atoms with van der Waals surface area (Å²) in [7, 11) is 0. The van der Waals surface area contributed by atoms with Crippen LogP contribution in [0.5, 0.6) is 6.01 Å². The summed E-state index contributed by atoms with van der Waals surface area (Å²) in [6, 6.07) is 3.39. The van der Waals surface area contributed by atoms with E-state index in [0.717, 1.165) is 11.8 Å². The summed E-state index contributed by atoms with van der Waals surface area (Å²) in [5.74, 6) is 0. The molecule has 1 fully saturated rings. The topological polar surface area (TPSA) is 77.1 Å². The van der Waals surface area contributed by atoms with Crippen molar-refractivity contribution in [2.75, 3.05) is 13.2 Å². The number of ether oxygens (including phenoxy) is 2. The summed E-state index contributed by atoms with van der Waals surface area (Å²) in [5.41, 5.74) is 0.299. The Kier molecular flexibility index (Phi) is 2.49. The largest absolute Gasteiger partial charge is 0.458 e. The fraction of sp³-hybridized carbons (Fsp3) is 0.364. The summed E-state index contributed by atoms with van der Waals surface area (Å²) < 4.78 is 10.8. The molecule has 6 nitrogen and oxygen atoms in total. The Balaban J connectivity index is 1.92. The first-order valence-corrected chi connectivity index (χ1v) is 5.42. The molecule has 0 saturated carbocycles. The van der Waals surface area contributed by atoms with E-state index in [1.165, 1.54) is 6.07 Å². The number of fused-ring (bicyclic) bond motifs is 1. The van der Waals surface area contributed by atoms with Crippen molar-refractivity contribution in [2.45, 2.75) is 12.5 Å². The van der Waals surface area contributed by atoms with Gasteiger partial charge in [0.25, 0.3) is 0 Å². The molecule has 3 rings (SSSR count). The van der Waals surface area contributed by atoms with Crippen molar-refractivity contribution in [1.82, 2.24) is 15.0 Å². The van der Waals surface area contributed by atoms with Crippen molar-refractivity contribution in [2.24, 2.45) is 0 Å². The lowest BCUT2D eigenvalue weighted by atomic mass is 10.3. The van der Waals surface area contributed by atoms with Crippen molar-refractivity contribution in [3.8, 4) is 6.01 Å². The van der Waals surface area contributed by atoms with Crippen molar-refractivity contribution in [1.29, 1.82) is 0 Å². The lowest BCUT2D eigenvalue weighted by molar-refractivity contribution is 0.134. The van der Waals surface area contributed by atoms with E-state index in [2.05, 4.69) is 15.0 Å². The van der Waals surface area contributed by atoms with Gasteiger partial charge in [0, 0.05) is 24.1 Å². The highest BCUT2D eigenvalue weighted by Gasteiger charge is 2.18. The number of nitrogens with one attached hydrogen (secondary N) is 1. The van der Waals surface area contributed by atoms with Crippen LogP contribution in [0.1, 0.15) is 6.42 Å². The molecule has 0 aromatic carbocycles. The summed E-state index contributed by atoms with van der Waals surface area (Å²) in [6.45, 7) is 1.27. The Morgan fingerprint density at radius 3 is 3.24 bits per heavy atom. The summed E-state index contributed by atoms with van der Waals surface area (Å²) in [5, 5.41) is 0.777. The lowest BCUT2D eigenvalue weighted by Crippen LogP contribution is -2.17. The third kappa shape index (κ3) is 2.12. The summed E-state index contributed by atoms with van der Waals surface area (Å²) in [4.78, 5) is 22.0. The predicted molar refractivity (Wildman–Crippen MR) is 60.0 cm³/mol. The second-order valence-electron chi connectivity index (χ2n) is 3.88. The molecule has 2 aromatic heterocycles. The van der Waals surface area contributed by atoms with Gasteiger partial charge in [-0.05, 0) is 6.07 Å². The Morgan fingerprint density at radius 1 is 1.47 bits per heavy atom. The molecule has 0 radical (unpaired) electrons. The fourth-order valence-electron chi connectivity index (χ4n) is 1.73. The first kappa shape index (κ1) is 10.2. The number of aromatic nitrogens is 3. The second kappa shape index (κ2) is 4.14. The van der Waals surface area contributed by atoms with Crippen molar-refractivity contribution >= 4 is 11.0 Å². The van der Waals surface area contributed by atoms with Gasteiger partial charge in [0.15, 0.2) is 0 Å². The highest BCUT2D eigenvalue weighted by Crippen LogP contribution is 2.14. The number of pyridine rings is 1. The lowest BCUT2D eigenvalue weighted by Gasteiger charge is -2.09. The molecule has 88 valence electrons. The van der Waals surface area contributed by atoms with E-state index >= 15 is 0 Å². The molecule has 2 aromatic rings. The van der Waals surface area contributed by atoms with E-state index in [1.807, 2.05) is 0 Å². The minimum Gasteiger partial charge on any atom is -0.458 e. The fourth-order valence-corrected chi connectivity index (χ4v) is 1.73. The minimum absolute atomic E-state index is 0.00267. The molecule has 0 unspecified atom stereocenters. The van der Waals surface area contributed by atoms with Crippen LogP contribution in [0.4, 0.5) is 0 Å². The molecule has 17 heavy (non-hydrogen) atoms. The molecule has 3 heterocycles. The van der Waals surface area contributed by atoms with E-state index in [9.17, 15) is 4.79 Å². The predicted octanol–water partition coefficient (Wildman–Crippen LogP) is 0.486. The second-order valence-corrected chi connectivity index (χ2v) is 3.88. The van der Waals surface area contributed by atoms with Crippen LogP contribution in [0.2, 0.25) is 0 Å². The van der Waals surface area contributed by atoms with Gasteiger partial charge < -0.3 is 14.5 Å². The maximum Gasteiger partial charge on any atom is 0.318 e. The van der Waals surface area contributed by atoms with Gasteiger partial charge in [-0.3, -0.25) is 4.79 Å². The van der Waals surface area contributed by atoms with E-state index in [0.29, 0.717) is 18.9 Å². The number of H-pyrrole nitrogens is 1. The Bertz CT molecular complexity index is 590. The van der Waals surface area contributed by atoms with Crippen LogP contribution in [0.3, 0.4) is 0 Å². The van der Waals surface area contributed by atoms with E-state index < -0.39 is 0 Å². The van der Waals surface area contributed by atoms with Crippen LogP contribution in [-0.4, -0.2) is 34.3 Å². The van der Waals surface area contributed by atoms with Crippen LogP contribution in [0, 0.1) is 0 Å². The van der Waals surface area contributed by atoms with Gasteiger partial charge in [0.05, 0.1) is 13.2 Å². The number of nitrogens with zero attached hydrogens (tertiary/aromatic N) is 2. The zero-order chi connectivity index (χ0) is 11.7. The number of aromatic amines is 1. The average molecular weight is 233 g/mol. The van der Waals surface area contributed by atoms with Gasteiger partial charge in [-0.1, -0.05) is 0 Å². The smallest absolute Gasteiger partial charge is 0.318 e. The van der Waals surface area contributed by atoms with Gasteiger partial charge in [0.2, 0.25) is 5.56 Å². The molecule has 0 bridgehead atoms. The number of hydrogen-bond acceptors (Lipinski definition) is 5. The maximum absolute atomic E-state index is 11.2. The van der Waals surface area contributed by atoms with Gasteiger partial charge in [-0.25, -0.2) is 4.98 Å². The first-order valence-electron chi connectivity index (χ1n) is 5.42. The van der Waals surface area contributed by atoms with Gasteiger partial charge in [0.1, 0.15) is 11.8 Å². The summed E-state index contributed by atoms with van der Waals surface area (Å²) in [6.07, 6.45) is 2.47. The van der Waals surface area contributed by atoms with Crippen molar-refractivity contribution in [3.05, 3.63) is 28.7 Å². The normalized spacial score (nSPS) is 19.6. The van der Waals surface area contributed by atoms with Crippen molar-refractivity contribution in [3.63, 3.8) is 0 Å². The molecule has 1 atom stereocenters. The standard InChI is InChI=1S/C11H11N3O3/c15-9-2-1-7-5-12-11(14-10(7)13-9)17-8-3-4-16-6-8/h1-2,5,8H,3-4,6H2,(H,12,13,14,15)/t8-/m1/s1. The molecule has 0 amide bonds. The highest BCUT2D eigenvalue weighted by atomic mass is 16.6. The molecule has 1 aliphatic rings. The van der Waals surface area contributed by atoms with Crippen LogP contribution >= 0.6 is 0 Å². The van der Waals surface area contributed by atoms with E-state index in [4.69, 9.17) is 9.47 Å². The van der Waals surface area contributed by atoms with Crippen LogP contribution in [0.15, 0.2) is 23.1 Å². The third-order valence-corrected chi connectivity index (χ3v) is 2.61. The monoisotopic (exact) mass is 233 g/mol. The van der Waals surface area contributed by atoms with Gasteiger partial charge >= 0.3 is 6.01 Å². The summed E-state index contributed by atoms with van der Waals surface area (Å²) >= 11 is 0. The SMILES string of the molecule is O=c1ccc2cnc(O[C@@H]3CCOC3)nc2[nH]1.